The van der Waals surface area contributed by atoms with E-state index in [4.69, 9.17) is 0 Å². The number of carbonyl (C=O) groups is 1. The first kappa shape index (κ1) is 10.2. The summed E-state index contributed by atoms with van der Waals surface area (Å²) in [4.78, 5) is 10.2. The average Bonchev–Trinajstić information content (AvgIpc) is 1.87. The molecule has 0 aromatic heterocycles. The Kier molecular flexibility index (Phi) is 6.02. The molecule has 0 unspecified atom stereocenters. The van der Waals surface area contributed by atoms with Gasteiger partial charge in [-0.15, -0.1) is 0 Å². The molecule has 0 aromatic rings. The molecule has 0 rings (SSSR count). The predicted octanol–water partition coefficient (Wildman–Crippen LogP) is 2.22. The lowest BCUT2D eigenvalue weighted by atomic mass is 10.5. The van der Waals surface area contributed by atoms with E-state index in [-0.39, 0.29) is 5.97 Å². The zero-order chi connectivity index (χ0) is 7.98. The second-order valence-electron chi connectivity index (χ2n) is 1.59. The van der Waals surface area contributed by atoms with Gasteiger partial charge in [0.05, 0.1) is 0 Å². The van der Waals surface area contributed by atoms with Crippen molar-refractivity contribution in [2.75, 3.05) is 11.9 Å². The predicted molar refractivity (Wildman–Crippen MR) is 47.4 cm³/mol. The highest BCUT2D eigenvalue weighted by Crippen LogP contribution is 2.07. The first-order chi connectivity index (χ1) is 4.66. The van der Waals surface area contributed by atoms with Gasteiger partial charge >= 0.3 is 5.97 Å². The molecule has 0 amide bonds. The van der Waals surface area contributed by atoms with Crippen molar-refractivity contribution in [2.45, 2.75) is 6.92 Å². The summed E-state index contributed by atoms with van der Waals surface area (Å²) in [5.74, 6) is -0.258. The van der Waals surface area contributed by atoms with Crippen LogP contribution in [0.25, 0.3) is 0 Å². The van der Waals surface area contributed by atoms with Gasteiger partial charge < -0.3 is 4.74 Å². The van der Waals surface area contributed by atoms with Crippen molar-refractivity contribution in [3.8, 4) is 0 Å². The highest BCUT2D eigenvalue weighted by atomic mass is 79.9. The summed E-state index contributed by atoms with van der Waals surface area (Å²) in [6, 6.07) is 0. The number of allylic oxidation sites excluding steroid dienone is 1. The summed E-state index contributed by atoms with van der Waals surface area (Å²) in [7, 11) is 0. The normalized spacial score (nSPS) is 11.3. The van der Waals surface area contributed by atoms with Gasteiger partial charge in [0.1, 0.15) is 6.61 Å². The smallest absolute Gasteiger partial charge is 0.302 e. The molecule has 0 atom stereocenters. The number of rotatable bonds is 3. The van der Waals surface area contributed by atoms with E-state index in [0.29, 0.717) is 6.61 Å². The molecule has 0 aliphatic rings. The zero-order valence-electron chi connectivity index (χ0n) is 5.56. The van der Waals surface area contributed by atoms with E-state index in [9.17, 15) is 4.79 Å². The summed E-state index contributed by atoms with van der Waals surface area (Å²) in [6.45, 7) is 1.72. The van der Waals surface area contributed by atoms with E-state index >= 15 is 0 Å². The number of carbonyl (C=O) groups excluding carboxylic acids is 1. The molecule has 0 saturated heterocycles. The third kappa shape index (κ3) is 6.29. The van der Waals surface area contributed by atoms with Crippen LogP contribution >= 0.6 is 31.9 Å². The molecule has 0 spiro atoms. The van der Waals surface area contributed by atoms with Crippen LogP contribution in [-0.2, 0) is 9.53 Å². The second-order valence-corrected chi connectivity index (χ2v) is 3.17. The summed E-state index contributed by atoms with van der Waals surface area (Å²) in [5.41, 5.74) is 0. The quantitative estimate of drug-likeness (QED) is 0.581. The minimum Gasteiger partial charge on any atom is -0.462 e. The van der Waals surface area contributed by atoms with Gasteiger partial charge in [0.2, 0.25) is 0 Å². The van der Waals surface area contributed by atoms with Crippen molar-refractivity contribution in [1.82, 2.24) is 0 Å². The van der Waals surface area contributed by atoms with Crippen LogP contribution < -0.4 is 0 Å². The fourth-order valence-corrected chi connectivity index (χ4v) is 0.665. The minimum absolute atomic E-state index is 0.258. The van der Waals surface area contributed by atoms with Crippen molar-refractivity contribution >= 4 is 37.8 Å². The highest BCUT2D eigenvalue weighted by molar-refractivity contribution is 9.13. The molecule has 0 aliphatic carbocycles. The molecule has 0 heterocycles. The maximum Gasteiger partial charge on any atom is 0.302 e. The summed E-state index contributed by atoms with van der Waals surface area (Å²) < 4.78 is 5.63. The average molecular weight is 272 g/mol. The van der Waals surface area contributed by atoms with E-state index < -0.39 is 0 Å². The number of halogens is 2. The van der Waals surface area contributed by atoms with E-state index in [2.05, 4.69) is 36.6 Å². The van der Waals surface area contributed by atoms with Gasteiger partial charge in [-0.05, 0) is 6.08 Å². The number of ether oxygens (including phenoxy) is 1. The van der Waals surface area contributed by atoms with Gasteiger partial charge in [-0.2, -0.15) is 0 Å². The number of esters is 1. The van der Waals surface area contributed by atoms with Crippen LogP contribution in [0.4, 0.5) is 0 Å². The van der Waals surface area contributed by atoms with Crippen molar-refractivity contribution in [1.29, 1.82) is 0 Å². The first-order valence-electron chi connectivity index (χ1n) is 2.70. The van der Waals surface area contributed by atoms with Crippen LogP contribution in [0, 0.1) is 0 Å². The molecular formula is C6H8Br2O2. The topological polar surface area (TPSA) is 26.3 Å². The summed E-state index contributed by atoms with van der Waals surface area (Å²) in [5, 5.41) is 0.744. The van der Waals surface area contributed by atoms with E-state index in [1.807, 2.05) is 0 Å². The fraction of sp³-hybridized carbons (Fsp3) is 0.500. The van der Waals surface area contributed by atoms with Crippen LogP contribution in [-0.4, -0.2) is 17.9 Å². The Bertz CT molecular complexity index is 143. The van der Waals surface area contributed by atoms with E-state index in [1.54, 1.807) is 6.08 Å². The standard InChI is InChI=1S/C6H8Br2O2/c1-5(9)10-3-2-6(8)4-7/h2H,3-4H2,1H3. The van der Waals surface area contributed by atoms with Crippen LogP contribution in [0.3, 0.4) is 0 Å². The SMILES string of the molecule is CC(=O)OCC=C(Br)CBr. The first-order valence-corrected chi connectivity index (χ1v) is 4.62. The summed E-state index contributed by atoms with van der Waals surface area (Å²) in [6.07, 6.45) is 1.79. The maximum absolute atomic E-state index is 10.2. The van der Waals surface area contributed by atoms with E-state index in [0.717, 1.165) is 9.81 Å². The second kappa shape index (κ2) is 5.92. The Balaban J connectivity index is 3.43. The number of hydrogen-bond donors (Lipinski definition) is 0. The summed E-state index contributed by atoms with van der Waals surface area (Å²) >= 11 is 6.48. The molecule has 0 N–H and O–H groups in total. The molecule has 10 heavy (non-hydrogen) atoms. The van der Waals surface area contributed by atoms with Gasteiger partial charge in [0.25, 0.3) is 0 Å². The molecular weight excluding hydrogens is 264 g/mol. The zero-order valence-corrected chi connectivity index (χ0v) is 8.74. The van der Waals surface area contributed by atoms with Gasteiger partial charge in [-0.1, -0.05) is 31.9 Å². The van der Waals surface area contributed by atoms with Gasteiger partial charge in [-0.3, -0.25) is 4.79 Å². The lowest BCUT2D eigenvalue weighted by Crippen LogP contribution is -1.97. The fourth-order valence-electron chi connectivity index (χ4n) is 0.304. The Hall–Kier alpha value is 0.170. The molecule has 0 fully saturated rings. The van der Waals surface area contributed by atoms with Crippen LogP contribution in [0.15, 0.2) is 10.6 Å². The third-order valence-corrected chi connectivity index (χ3v) is 2.68. The molecule has 2 nitrogen and oxygen atoms in total. The largest absolute Gasteiger partial charge is 0.462 e. The Morgan fingerprint density at radius 1 is 1.70 bits per heavy atom. The Labute approximate surface area is 76.9 Å². The molecule has 4 heteroatoms. The van der Waals surface area contributed by atoms with Crippen molar-refractivity contribution < 1.29 is 9.53 Å². The van der Waals surface area contributed by atoms with Crippen LogP contribution in [0.1, 0.15) is 6.92 Å². The molecule has 0 radical (unpaired) electrons. The molecule has 0 aliphatic heterocycles. The van der Waals surface area contributed by atoms with Gasteiger partial charge in [0, 0.05) is 16.7 Å². The minimum atomic E-state index is -0.258. The van der Waals surface area contributed by atoms with Crippen molar-refractivity contribution in [2.24, 2.45) is 0 Å². The lowest BCUT2D eigenvalue weighted by molar-refractivity contribution is -0.139. The van der Waals surface area contributed by atoms with E-state index in [1.165, 1.54) is 6.92 Å². The van der Waals surface area contributed by atoms with Crippen molar-refractivity contribution in [3.05, 3.63) is 10.6 Å². The van der Waals surface area contributed by atoms with Crippen LogP contribution in [0.2, 0.25) is 0 Å². The van der Waals surface area contributed by atoms with Gasteiger partial charge in [0.15, 0.2) is 0 Å². The molecule has 0 bridgehead atoms. The monoisotopic (exact) mass is 270 g/mol. The van der Waals surface area contributed by atoms with Gasteiger partial charge in [-0.25, -0.2) is 0 Å². The Morgan fingerprint density at radius 3 is 2.70 bits per heavy atom. The molecule has 0 aromatic carbocycles. The third-order valence-electron chi connectivity index (χ3n) is 0.719. The number of alkyl halides is 1. The lowest BCUT2D eigenvalue weighted by Gasteiger charge is -1.95. The number of hydrogen-bond acceptors (Lipinski definition) is 2. The molecule has 0 saturated carbocycles. The van der Waals surface area contributed by atoms with Crippen molar-refractivity contribution in [3.63, 3.8) is 0 Å². The van der Waals surface area contributed by atoms with Crippen LogP contribution in [0.5, 0.6) is 0 Å². The Morgan fingerprint density at radius 2 is 2.30 bits per heavy atom. The maximum atomic E-state index is 10.2. The molecule has 58 valence electrons. The highest BCUT2D eigenvalue weighted by Gasteiger charge is 1.89.